The summed E-state index contributed by atoms with van der Waals surface area (Å²) in [4.78, 5) is 11.5. The number of carbonyl (C=O) groups is 1. The van der Waals surface area contributed by atoms with Gasteiger partial charge in [-0.15, -0.1) is 0 Å². The lowest BCUT2D eigenvalue weighted by Gasteiger charge is -2.14. The second kappa shape index (κ2) is 5.85. The molecule has 1 aromatic rings. The maximum atomic E-state index is 13.6. The van der Waals surface area contributed by atoms with E-state index in [0.717, 1.165) is 25.7 Å². The van der Waals surface area contributed by atoms with Crippen LogP contribution in [0.3, 0.4) is 0 Å². The van der Waals surface area contributed by atoms with Crippen molar-refractivity contribution < 1.29 is 18.7 Å². The van der Waals surface area contributed by atoms with E-state index in [1.165, 1.54) is 18.2 Å². The lowest BCUT2D eigenvalue weighted by Crippen LogP contribution is -2.13. The van der Waals surface area contributed by atoms with Crippen LogP contribution in [0.2, 0.25) is 0 Å². The summed E-state index contributed by atoms with van der Waals surface area (Å²) in [6.07, 6.45) is 4.19. The van der Waals surface area contributed by atoms with Gasteiger partial charge in [-0.1, -0.05) is 0 Å². The third kappa shape index (κ3) is 3.00. The van der Waals surface area contributed by atoms with Crippen LogP contribution in [0.25, 0.3) is 0 Å². The molecular weight excluding hydrogens is 235 g/mol. The molecule has 2 rings (SSSR count). The highest BCUT2D eigenvalue weighted by atomic mass is 19.1. The highest BCUT2D eigenvalue weighted by molar-refractivity contribution is 5.89. The number of esters is 1. The zero-order chi connectivity index (χ0) is 13.0. The van der Waals surface area contributed by atoms with Crippen molar-refractivity contribution in [1.82, 2.24) is 0 Å². The Kier molecular flexibility index (Phi) is 4.18. The zero-order valence-electron chi connectivity index (χ0n) is 10.4. The number of hydrogen-bond donors (Lipinski definition) is 0. The summed E-state index contributed by atoms with van der Waals surface area (Å²) in [5.74, 6) is -0.740. The van der Waals surface area contributed by atoms with Crippen molar-refractivity contribution in [3.8, 4) is 5.75 Å². The molecule has 0 heterocycles. The molecule has 4 heteroatoms. The van der Waals surface area contributed by atoms with E-state index in [-0.39, 0.29) is 11.9 Å². The second-order valence-electron chi connectivity index (χ2n) is 4.39. The first-order chi connectivity index (χ1) is 8.70. The minimum atomic E-state index is -0.450. The largest absolute Gasteiger partial charge is 0.487 e. The van der Waals surface area contributed by atoms with Gasteiger partial charge in [0.25, 0.3) is 0 Å². The number of halogens is 1. The Bertz CT molecular complexity index is 425. The van der Waals surface area contributed by atoms with Gasteiger partial charge in [-0.2, -0.15) is 0 Å². The molecule has 0 radical (unpaired) electrons. The summed E-state index contributed by atoms with van der Waals surface area (Å²) < 4.78 is 24.1. The Labute approximate surface area is 106 Å². The molecule has 0 spiro atoms. The van der Waals surface area contributed by atoms with E-state index in [9.17, 15) is 9.18 Å². The van der Waals surface area contributed by atoms with Gasteiger partial charge in [0.05, 0.1) is 18.3 Å². The van der Waals surface area contributed by atoms with E-state index in [0.29, 0.717) is 12.2 Å². The topological polar surface area (TPSA) is 35.5 Å². The first-order valence-electron chi connectivity index (χ1n) is 6.34. The summed E-state index contributed by atoms with van der Waals surface area (Å²) in [6.45, 7) is 2.03. The van der Waals surface area contributed by atoms with Crippen LogP contribution in [0.15, 0.2) is 18.2 Å². The van der Waals surface area contributed by atoms with Gasteiger partial charge in [-0.25, -0.2) is 9.18 Å². The fourth-order valence-corrected chi connectivity index (χ4v) is 2.12. The molecule has 0 saturated heterocycles. The molecule has 1 aliphatic rings. The molecule has 98 valence electrons. The Morgan fingerprint density at radius 1 is 1.39 bits per heavy atom. The van der Waals surface area contributed by atoms with Gasteiger partial charge in [0.15, 0.2) is 11.6 Å². The van der Waals surface area contributed by atoms with Crippen LogP contribution in [-0.2, 0) is 4.74 Å². The zero-order valence-corrected chi connectivity index (χ0v) is 10.4. The Morgan fingerprint density at radius 2 is 2.11 bits per heavy atom. The highest BCUT2D eigenvalue weighted by Gasteiger charge is 2.19. The van der Waals surface area contributed by atoms with E-state index in [4.69, 9.17) is 9.47 Å². The second-order valence-corrected chi connectivity index (χ2v) is 4.39. The fraction of sp³-hybridized carbons (Fsp3) is 0.500. The number of hydrogen-bond acceptors (Lipinski definition) is 3. The van der Waals surface area contributed by atoms with Gasteiger partial charge in [-0.05, 0) is 50.8 Å². The average molecular weight is 252 g/mol. The van der Waals surface area contributed by atoms with E-state index < -0.39 is 11.8 Å². The first kappa shape index (κ1) is 12.9. The van der Waals surface area contributed by atoms with Crippen molar-refractivity contribution in [3.05, 3.63) is 29.6 Å². The molecule has 0 atom stereocenters. The SMILES string of the molecule is CCOC(=O)c1ccc(F)c(OC2CCCC2)c1. The van der Waals surface area contributed by atoms with Gasteiger partial charge >= 0.3 is 5.97 Å². The smallest absolute Gasteiger partial charge is 0.338 e. The minimum Gasteiger partial charge on any atom is -0.487 e. The van der Waals surface area contributed by atoms with Crippen LogP contribution in [-0.4, -0.2) is 18.7 Å². The van der Waals surface area contributed by atoms with Crippen LogP contribution >= 0.6 is 0 Å². The average Bonchev–Trinajstić information content (AvgIpc) is 2.85. The molecule has 0 unspecified atom stereocenters. The summed E-state index contributed by atoms with van der Waals surface area (Å²) in [5, 5.41) is 0. The van der Waals surface area contributed by atoms with Gasteiger partial charge < -0.3 is 9.47 Å². The molecule has 0 bridgehead atoms. The maximum absolute atomic E-state index is 13.6. The van der Waals surface area contributed by atoms with Crippen molar-refractivity contribution in [2.45, 2.75) is 38.7 Å². The number of ether oxygens (including phenoxy) is 2. The predicted octanol–water partition coefficient (Wildman–Crippen LogP) is 3.32. The van der Waals surface area contributed by atoms with Crippen LogP contribution in [0.4, 0.5) is 4.39 Å². The third-order valence-corrected chi connectivity index (χ3v) is 3.04. The van der Waals surface area contributed by atoms with E-state index in [1.807, 2.05) is 0 Å². The predicted molar refractivity (Wildman–Crippen MR) is 65.2 cm³/mol. The minimum absolute atomic E-state index is 0.0666. The van der Waals surface area contributed by atoms with Crippen molar-refractivity contribution in [1.29, 1.82) is 0 Å². The van der Waals surface area contributed by atoms with Crippen molar-refractivity contribution in [2.24, 2.45) is 0 Å². The molecular formula is C14H17FO3. The Morgan fingerprint density at radius 3 is 2.78 bits per heavy atom. The van der Waals surface area contributed by atoms with Crippen LogP contribution in [0.5, 0.6) is 5.75 Å². The van der Waals surface area contributed by atoms with Gasteiger partial charge in [0.1, 0.15) is 0 Å². The van der Waals surface area contributed by atoms with E-state index in [2.05, 4.69) is 0 Å². The quantitative estimate of drug-likeness (QED) is 0.771. The molecule has 0 amide bonds. The standard InChI is InChI=1S/C14H17FO3/c1-2-17-14(16)10-7-8-12(15)13(9-10)18-11-5-3-4-6-11/h7-9,11H,2-6H2,1H3. The van der Waals surface area contributed by atoms with E-state index >= 15 is 0 Å². The monoisotopic (exact) mass is 252 g/mol. The number of benzene rings is 1. The normalized spacial score (nSPS) is 15.7. The van der Waals surface area contributed by atoms with Gasteiger partial charge in [0.2, 0.25) is 0 Å². The summed E-state index contributed by atoms with van der Waals surface area (Å²) in [6, 6.07) is 4.08. The molecule has 0 N–H and O–H groups in total. The molecule has 0 aliphatic heterocycles. The number of rotatable bonds is 4. The summed E-state index contributed by atoms with van der Waals surface area (Å²) >= 11 is 0. The van der Waals surface area contributed by atoms with Crippen molar-refractivity contribution >= 4 is 5.97 Å². The summed E-state index contributed by atoms with van der Waals surface area (Å²) in [5.41, 5.74) is 0.325. The number of carbonyl (C=O) groups excluding carboxylic acids is 1. The van der Waals surface area contributed by atoms with Crippen LogP contribution in [0.1, 0.15) is 43.0 Å². The van der Waals surface area contributed by atoms with E-state index in [1.54, 1.807) is 6.92 Å². The maximum Gasteiger partial charge on any atom is 0.338 e. The Hall–Kier alpha value is -1.58. The molecule has 0 aromatic heterocycles. The summed E-state index contributed by atoms with van der Waals surface area (Å²) in [7, 11) is 0. The van der Waals surface area contributed by atoms with Gasteiger partial charge in [-0.3, -0.25) is 0 Å². The lowest BCUT2D eigenvalue weighted by molar-refractivity contribution is 0.0525. The van der Waals surface area contributed by atoms with Crippen LogP contribution in [0, 0.1) is 5.82 Å². The fourth-order valence-electron chi connectivity index (χ4n) is 2.12. The lowest BCUT2D eigenvalue weighted by atomic mass is 10.2. The Balaban J connectivity index is 2.12. The third-order valence-electron chi connectivity index (χ3n) is 3.04. The van der Waals surface area contributed by atoms with Crippen LogP contribution < -0.4 is 4.74 Å². The molecule has 18 heavy (non-hydrogen) atoms. The molecule has 1 fully saturated rings. The van der Waals surface area contributed by atoms with Crippen molar-refractivity contribution in [3.63, 3.8) is 0 Å². The first-order valence-corrected chi connectivity index (χ1v) is 6.34. The highest BCUT2D eigenvalue weighted by Crippen LogP contribution is 2.27. The molecule has 1 aliphatic carbocycles. The van der Waals surface area contributed by atoms with Gasteiger partial charge in [0, 0.05) is 0 Å². The molecule has 1 aromatic carbocycles. The van der Waals surface area contributed by atoms with Crippen molar-refractivity contribution in [2.75, 3.05) is 6.61 Å². The molecule has 3 nitrogen and oxygen atoms in total. The molecule has 1 saturated carbocycles.